The van der Waals surface area contributed by atoms with E-state index >= 15 is 0 Å². The molecule has 0 radical (unpaired) electrons. The molecule has 1 fully saturated rings. The molecule has 122 valence electrons. The Bertz CT molecular complexity index is 586. The normalized spacial score (nSPS) is 15.4. The lowest BCUT2D eigenvalue weighted by Gasteiger charge is -2.27. The van der Waals surface area contributed by atoms with E-state index in [2.05, 4.69) is 5.32 Å². The summed E-state index contributed by atoms with van der Waals surface area (Å²) < 4.78 is 5.51. The minimum atomic E-state index is -0.711. The number of nitrogens with zero attached hydrogens (tertiary/aromatic N) is 2. The fraction of sp³-hybridized carbons (Fsp3) is 0.471. The summed E-state index contributed by atoms with van der Waals surface area (Å²) in [5.74, 6) is 0.123. The number of rotatable bonds is 5. The number of piperidine rings is 1. The van der Waals surface area contributed by atoms with Gasteiger partial charge in [0, 0.05) is 13.1 Å². The maximum atomic E-state index is 12.0. The summed E-state index contributed by atoms with van der Waals surface area (Å²) in [6.45, 7) is 3.16. The lowest BCUT2D eigenvalue weighted by Crippen LogP contribution is -2.45. The van der Waals surface area contributed by atoms with Crippen LogP contribution in [0.25, 0.3) is 0 Å². The van der Waals surface area contributed by atoms with Crippen molar-refractivity contribution in [2.45, 2.75) is 32.3 Å². The number of hydrogen-bond acceptors (Lipinski definition) is 4. The van der Waals surface area contributed by atoms with E-state index in [1.54, 1.807) is 36.1 Å². The average molecular weight is 315 g/mol. The van der Waals surface area contributed by atoms with Crippen LogP contribution in [0.2, 0.25) is 0 Å². The van der Waals surface area contributed by atoms with Crippen LogP contribution in [0.3, 0.4) is 0 Å². The van der Waals surface area contributed by atoms with Crippen molar-refractivity contribution in [3.8, 4) is 11.8 Å². The highest BCUT2D eigenvalue weighted by molar-refractivity contribution is 5.86. The van der Waals surface area contributed by atoms with Crippen molar-refractivity contribution >= 4 is 11.8 Å². The molecule has 1 N–H and O–H groups in total. The van der Waals surface area contributed by atoms with E-state index in [-0.39, 0.29) is 18.4 Å². The lowest BCUT2D eigenvalue weighted by molar-refractivity contribution is -0.135. The SMILES string of the molecule is C[C@H](Oc1ccc(C#N)cc1)C(=O)NCC(=O)N1CCCCC1. The largest absolute Gasteiger partial charge is 0.481 e. The molecule has 0 spiro atoms. The van der Waals surface area contributed by atoms with Crippen molar-refractivity contribution in [1.29, 1.82) is 5.26 Å². The van der Waals surface area contributed by atoms with Crippen molar-refractivity contribution in [1.82, 2.24) is 10.2 Å². The van der Waals surface area contributed by atoms with Gasteiger partial charge in [0.1, 0.15) is 5.75 Å². The van der Waals surface area contributed by atoms with Gasteiger partial charge in [-0.25, -0.2) is 0 Å². The third kappa shape index (κ3) is 4.99. The first-order valence-corrected chi connectivity index (χ1v) is 7.82. The smallest absolute Gasteiger partial charge is 0.261 e. The molecule has 0 unspecified atom stereocenters. The molecule has 2 amide bonds. The Morgan fingerprint density at radius 2 is 1.91 bits per heavy atom. The van der Waals surface area contributed by atoms with E-state index in [0.717, 1.165) is 32.4 Å². The van der Waals surface area contributed by atoms with Gasteiger partial charge in [0.25, 0.3) is 5.91 Å². The average Bonchev–Trinajstić information content (AvgIpc) is 2.60. The number of benzene rings is 1. The third-order valence-electron chi connectivity index (χ3n) is 3.79. The second kappa shape index (κ2) is 8.18. The number of hydrogen-bond donors (Lipinski definition) is 1. The summed E-state index contributed by atoms with van der Waals surface area (Å²) in [5, 5.41) is 11.4. The number of carbonyl (C=O) groups is 2. The molecule has 1 aromatic rings. The molecule has 6 nitrogen and oxygen atoms in total. The molecule has 1 heterocycles. The summed E-state index contributed by atoms with van der Waals surface area (Å²) in [5.41, 5.74) is 0.529. The van der Waals surface area contributed by atoms with Crippen LogP contribution < -0.4 is 10.1 Å². The zero-order chi connectivity index (χ0) is 16.7. The third-order valence-corrected chi connectivity index (χ3v) is 3.79. The van der Waals surface area contributed by atoms with E-state index in [0.29, 0.717) is 11.3 Å². The summed E-state index contributed by atoms with van der Waals surface area (Å²) >= 11 is 0. The molecule has 6 heteroatoms. The molecule has 1 aliphatic rings. The van der Waals surface area contributed by atoms with Gasteiger partial charge in [0.2, 0.25) is 5.91 Å². The van der Waals surface area contributed by atoms with E-state index in [1.165, 1.54) is 0 Å². The van der Waals surface area contributed by atoms with E-state index in [1.807, 2.05) is 6.07 Å². The molecule has 23 heavy (non-hydrogen) atoms. The van der Waals surface area contributed by atoms with Crippen molar-refractivity contribution in [2.75, 3.05) is 19.6 Å². The topological polar surface area (TPSA) is 82.4 Å². The zero-order valence-corrected chi connectivity index (χ0v) is 13.2. The van der Waals surface area contributed by atoms with E-state index in [4.69, 9.17) is 10.00 Å². The fourth-order valence-corrected chi connectivity index (χ4v) is 2.43. The Morgan fingerprint density at radius 1 is 1.26 bits per heavy atom. The van der Waals surface area contributed by atoms with Gasteiger partial charge >= 0.3 is 0 Å². The molecule has 1 atom stereocenters. The Labute approximate surface area is 136 Å². The molecular formula is C17H21N3O3. The highest BCUT2D eigenvalue weighted by Gasteiger charge is 2.19. The lowest BCUT2D eigenvalue weighted by atomic mass is 10.1. The first-order valence-electron chi connectivity index (χ1n) is 7.82. The highest BCUT2D eigenvalue weighted by atomic mass is 16.5. The molecule has 1 aromatic carbocycles. The van der Waals surface area contributed by atoms with Crippen molar-refractivity contribution < 1.29 is 14.3 Å². The minimum absolute atomic E-state index is 0.0000957. The molecule has 0 saturated carbocycles. The van der Waals surface area contributed by atoms with Crippen LogP contribution >= 0.6 is 0 Å². The Hall–Kier alpha value is -2.55. The standard InChI is InChI=1S/C17H21N3O3/c1-13(23-15-7-5-14(11-18)6-8-15)17(22)19-12-16(21)20-9-3-2-4-10-20/h5-8,13H,2-4,9-10,12H2,1H3,(H,19,22)/t13-/m0/s1. The first kappa shape index (κ1) is 16.8. The second-order valence-electron chi connectivity index (χ2n) is 5.56. The second-order valence-corrected chi connectivity index (χ2v) is 5.56. The van der Waals surface area contributed by atoms with Crippen LogP contribution in [-0.4, -0.2) is 42.5 Å². The maximum absolute atomic E-state index is 12.0. The molecule has 0 aliphatic carbocycles. The Kier molecular flexibility index (Phi) is 5.98. The monoisotopic (exact) mass is 315 g/mol. The summed E-state index contributed by atoms with van der Waals surface area (Å²) in [7, 11) is 0. The Balaban J connectivity index is 1.77. The van der Waals surface area contributed by atoms with Gasteiger partial charge in [-0.2, -0.15) is 5.26 Å². The van der Waals surface area contributed by atoms with Crippen molar-refractivity contribution in [3.63, 3.8) is 0 Å². The van der Waals surface area contributed by atoms with Crippen LogP contribution in [0.15, 0.2) is 24.3 Å². The van der Waals surface area contributed by atoms with Gasteiger partial charge in [0.15, 0.2) is 6.10 Å². The van der Waals surface area contributed by atoms with Gasteiger partial charge in [-0.05, 0) is 50.5 Å². The molecule has 1 aliphatic heterocycles. The summed E-state index contributed by atoms with van der Waals surface area (Å²) in [6.07, 6.45) is 2.50. The van der Waals surface area contributed by atoms with E-state index in [9.17, 15) is 9.59 Å². The number of ether oxygens (including phenoxy) is 1. The van der Waals surface area contributed by atoms with Crippen molar-refractivity contribution in [2.24, 2.45) is 0 Å². The highest BCUT2D eigenvalue weighted by Crippen LogP contribution is 2.13. The number of carbonyl (C=O) groups excluding carboxylic acids is 2. The number of nitriles is 1. The molecular weight excluding hydrogens is 294 g/mol. The van der Waals surface area contributed by atoms with Gasteiger partial charge in [0.05, 0.1) is 18.2 Å². The van der Waals surface area contributed by atoms with Gasteiger partial charge in [-0.1, -0.05) is 0 Å². The van der Waals surface area contributed by atoms with Crippen LogP contribution in [0, 0.1) is 11.3 Å². The van der Waals surface area contributed by atoms with Crippen LogP contribution in [0.4, 0.5) is 0 Å². The van der Waals surface area contributed by atoms with Crippen molar-refractivity contribution in [3.05, 3.63) is 29.8 Å². The molecule has 0 bridgehead atoms. The minimum Gasteiger partial charge on any atom is -0.481 e. The maximum Gasteiger partial charge on any atom is 0.261 e. The van der Waals surface area contributed by atoms with Crippen LogP contribution in [0.5, 0.6) is 5.75 Å². The summed E-state index contributed by atoms with van der Waals surface area (Å²) in [4.78, 5) is 25.8. The predicted octanol–water partition coefficient (Wildman–Crippen LogP) is 1.45. The quantitative estimate of drug-likeness (QED) is 0.891. The number of likely N-dealkylation sites (tertiary alicyclic amines) is 1. The first-order chi connectivity index (χ1) is 11.1. The Morgan fingerprint density at radius 3 is 2.52 bits per heavy atom. The van der Waals surface area contributed by atoms with Gasteiger partial charge in [-0.15, -0.1) is 0 Å². The van der Waals surface area contributed by atoms with Crippen LogP contribution in [0.1, 0.15) is 31.7 Å². The van der Waals surface area contributed by atoms with Gasteiger partial charge < -0.3 is 15.0 Å². The number of amides is 2. The number of nitrogens with one attached hydrogen (secondary N) is 1. The zero-order valence-electron chi connectivity index (χ0n) is 13.2. The summed E-state index contributed by atoms with van der Waals surface area (Å²) in [6, 6.07) is 8.55. The molecule has 1 saturated heterocycles. The predicted molar refractivity (Wildman–Crippen MR) is 84.7 cm³/mol. The molecule has 0 aromatic heterocycles. The molecule has 2 rings (SSSR count). The van der Waals surface area contributed by atoms with Crippen LogP contribution in [-0.2, 0) is 9.59 Å². The van der Waals surface area contributed by atoms with E-state index < -0.39 is 6.10 Å². The van der Waals surface area contributed by atoms with Gasteiger partial charge in [-0.3, -0.25) is 9.59 Å². The fourth-order valence-electron chi connectivity index (χ4n) is 2.43.